The van der Waals surface area contributed by atoms with Gasteiger partial charge in [-0.1, -0.05) is 13.0 Å². The van der Waals surface area contributed by atoms with Gasteiger partial charge in [-0.3, -0.25) is 0 Å². The van der Waals surface area contributed by atoms with E-state index in [2.05, 4.69) is 42.4 Å². The molecule has 0 spiro atoms. The highest BCUT2D eigenvalue weighted by Gasteiger charge is 2.22. The Morgan fingerprint density at radius 1 is 1.50 bits per heavy atom. The highest BCUT2D eigenvalue weighted by Crippen LogP contribution is 2.28. The standard InChI is InChI=1S/C16H23N3S/c1-3-7-18-11-13-4-5-16(14(9-13)10-17)19(2)15-6-8-20-12-15/h4-5,9,15,18H,3,6-8,11-12H2,1-2H3. The lowest BCUT2D eigenvalue weighted by molar-refractivity contribution is 0.674. The van der Waals surface area contributed by atoms with E-state index in [-0.39, 0.29) is 0 Å². The lowest BCUT2D eigenvalue weighted by Gasteiger charge is -2.27. The molecule has 0 radical (unpaired) electrons. The van der Waals surface area contributed by atoms with Gasteiger partial charge in [-0.05, 0) is 42.8 Å². The molecule has 0 amide bonds. The van der Waals surface area contributed by atoms with E-state index in [0.717, 1.165) is 30.8 Å². The number of benzene rings is 1. The summed E-state index contributed by atoms with van der Waals surface area (Å²) in [6, 6.07) is 9.18. The molecule has 1 N–H and O–H groups in total. The molecule has 1 aliphatic rings. The van der Waals surface area contributed by atoms with Crippen LogP contribution in [0.1, 0.15) is 30.9 Å². The van der Waals surface area contributed by atoms with Gasteiger partial charge in [0, 0.05) is 25.4 Å². The summed E-state index contributed by atoms with van der Waals surface area (Å²) in [4.78, 5) is 2.28. The Bertz CT molecular complexity index is 475. The van der Waals surface area contributed by atoms with Crippen LogP contribution in [0.15, 0.2) is 18.2 Å². The van der Waals surface area contributed by atoms with Crippen LogP contribution in [0.25, 0.3) is 0 Å². The van der Waals surface area contributed by atoms with Gasteiger partial charge < -0.3 is 10.2 Å². The van der Waals surface area contributed by atoms with Crippen molar-refractivity contribution in [2.24, 2.45) is 0 Å². The van der Waals surface area contributed by atoms with Crippen LogP contribution in [-0.2, 0) is 6.54 Å². The largest absolute Gasteiger partial charge is 0.370 e. The van der Waals surface area contributed by atoms with E-state index in [1.165, 1.54) is 23.5 Å². The third-order valence-electron chi connectivity index (χ3n) is 3.77. The Balaban J connectivity index is 2.11. The van der Waals surface area contributed by atoms with E-state index in [4.69, 9.17) is 0 Å². The van der Waals surface area contributed by atoms with Crippen LogP contribution in [0, 0.1) is 11.3 Å². The molecule has 0 aliphatic carbocycles. The zero-order valence-electron chi connectivity index (χ0n) is 12.4. The number of nitrogens with zero attached hydrogens (tertiary/aromatic N) is 2. The van der Waals surface area contributed by atoms with Crippen molar-refractivity contribution in [3.63, 3.8) is 0 Å². The SMILES string of the molecule is CCCNCc1ccc(N(C)C2CCSC2)c(C#N)c1. The van der Waals surface area contributed by atoms with Crippen LogP contribution < -0.4 is 10.2 Å². The molecule has 2 rings (SSSR count). The first-order chi connectivity index (χ1) is 9.76. The number of thioether (sulfide) groups is 1. The first-order valence-corrected chi connectivity index (χ1v) is 8.46. The second kappa shape index (κ2) is 7.56. The number of hydrogen-bond acceptors (Lipinski definition) is 4. The molecular weight excluding hydrogens is 266 g/mol. The predicted octanol–water partition coefficient (Wildman–Crippen LogP) is 3.00. The van der Waals surface area contributed by atoms with Crippen molar-refractivity contribution in [1.82, 2.24) is 5.32 Å². The summed E-state index contributed by atoms with van der Waals surface area (Å²) in [7, 11) is 2.11. The Morgan fingerprint density at radius 2 is 2.35 bits per heavy atom. The summed E-state index contributed by atoms with van der Waals surface area (Å²) in [5.41, 5.74) is 3.05. The third-order valence-corrected chi connectivity index (χ3v) is 4.92. The van der Waals surface area contributed by atoms with Gasteiger partial charge in [0.15, 0.2) is 0 Å². The first-order valence-electron chi connectivity index (χ1n) is 7.30. The van der Waals surface area contributed by atoms with Crippen molar-refractivity contribution >= 4 is 17.4 Å². The molecule has 0 aromatic heterocycles. The first kappa shape index (κ1) is 15.2. The zero-order chi connectivity index (χ0) is 14.4. The molecule has 1 aromatic carbocycles. The molecule has 1 saturated heterocycles. The van der Waals surface area contributed by atoms with Gasteiger partial charge in [0.1, 0.15) is 6.07 Å². The second-order valence-electron chi connectivity index (χ2n) is 5.27. The van der Waals surface area contributed by atoms with Crippen molar-refractivity contribution in [3.8, 4) is 6.07 Å². The van der Waals surface area contributed by atoms with Crippen molar-refractivity contribution in [1.29, 1.82) is 5.26 Å². The number of hydrogen-bond donors (Lipinski definition) is 1. The predicted molar refractivity (Wildman–Crippen MR) is 87.3 cm³/mol. The lowest BCUT2D eigenvalue weighted by Crippen LogP contribution is -2.31. The highest BCUT2D eigenvalue weighted by atomic mass is 32.2. The smallest absolute Gasteiger partial charge is 0.101 e. The van der Waals surface area contributed by atoms with Crippen LogP contribution in [0.3, 0.4) is 0 Å². The summed E-state index contributed by atoms with van der Waals surface area (Å²) in [5.74, 6) is 2.40. The van der Waals surface area contributed by atoms with Crippen molar-refractivity contribution in [3.05, 3.63) is 29.3 Å². The summed E-state index contributed by atoms with van der Waals surface area (Å²) >= 11 is 2.00. The molecule has 4 heteroatoms. The van der Waals surface area contributed by atoms with E-state index in [1.807, 2.05) is 17.8 Å². The van der Waals surface area contributed by atoms with Gasteiger partial charge in [-0.2, -0.15) is 17.0 Å². The zero-order valence-corrected chi connectivity index (χ0v) is 13.2. The Morgan fingerprint density at radius 3 is 3.00 bits per heavy atom. The van der Waals surface area contributed by atoms with E-state index >= 15 is 0 Å². The quantitative estimate of drug-likeness (QED) is 0.817. The Labute approximate surface area is 126 Å². The second-order valence-corrected chi connectivity index (χ2v) is 6.42. The van der Waals surface area contributed by atoms with Crippen LogP contribution >= 0.6 is 11.8 Å². The Hall–Kier alpha value is -1.18. The van der Waals surface area contributed by atoms with Gasteiger partial charge in [0.2, 0.25) is 0 Å². The average molecular weight is 289 g/mol. The number of rotatable bonds is 6. The summed E-state index contributed by atoms with van der Waals surface area (Å²) in [6.07, 6.45) is 2.34. The molecule has 3 nitrogen and oxygen atoms in total. The van der Waals surface area contributed by atoms with Gasteiger partial charge in [0.25, 0.3) is 0 Å². The molecule has 108 valence electrons. The van der Waals surface area contributed by atoms with E-state index in [1.54, 1.807) is 0 Å². The summed E-state index contributed by atoms with van der Waals surface area (Å²) in [6.45, 7) is 4.01. The average Bonchev–Trinajstić information content (AvgIpc) is 3.01. The molecule has 1 unspecified atom stereocenters. The minimum absolute atomic E-state index is 0.566. The highest BCUT2D eigenvalue weighted by molar-refractivity contribution is 7.99. The summed E-state index contributed by atoms with van der Waals surface area (Å²) < 4.78 is 0. The molecule has 1 fully saturated rings. The van der Waals surface area contributed by atoms with Gasteiger partial charge >= 0.3 is 0 Å². The minimum Gasteiger partial charge on any atom is -0.370 e. The van der Waals surface area contributed by atoms with Crippen LogP contribution in [0.5, 0.6) is 0 Å². The van der Waals surface area contributed by atoms with Crippen LogP contribution in [-0.4, -0.2) is 31.1 Å². The lowest BCUT2D eigenvalue weighted by atomic mass is 10.1. The molecule has 0 saturated carbocycles. The van der Waals surface area contributed by atoms with Crippen molar-refractivity contribution in [2.45, 2.75) is 32.4 Å². The van der Waals surface area contributed by atoms with E-state index < -0.39 is 0 Å². The van der Waals surface area contributed by atoms with Crippen LogP contribution in [0.4, 0.5) is 5.69 Å². The van der Waals surface area contributed by atoms with Gasteiger partial charge in [-0.25, -0.2) is 0 Å². The molecule has 20 heavy (non-hydrogen) atoms. The topological polar surface area (TPSA) is 39.1 Å². The maximum absolute atomic E-state index is 9.40. The molecular formula is C16H23N3S. The number of nitrogens with one attached hydrogen (secondary N) is 1. The Kier molecular flexibility index (Phi) is 5.75. The van der Waals surface area contributed by atoms with E-state index in [0.29, 0.717) is 6.04 Å². The normalized spacial score (nSPS) is 17.9. The minimum atomic E-state index is 0.566. The number of anilines is 1. The maximum Gasteiger partial charge on any atom is 0.101 e. The molecule has 1 atom stereocenters. The number of nitriles is 1. The fourth-order valence-electron chi connectivity index (χ4n) is 2.52. The molecule has 1 heterocycles. The monoisotopic (exact) mass is 289 g/mol. The van der Waals surface area contributed by atoms with E-state index in [9.17, 15) is 5.26 Å². The fourth-order valence-corrected chi connectivity index (χ4v) is 3.79. The maximum atomic E-state index is 9.40. The summed E-state index contributed by atoms with van der Waals surface area (Å²) in [5, 5.41) is 12.8. The van der Waals surface area contributed by atoms with Crippen molar-refractivity contribution < 1.29 is 0 Å². The molecule has 0 bridgehead atoms. The fraction of sp³-hybridized carbons (Fsp3) is 0.562. The van der Waals surface area contributed by atoms with Crippen LogP contribution in [0.2, 0.25) is 0 Å². The van der Waals surface area contributed by atoms with Gasteiger partial charge in [0.05, 0.1) is 11.3 Å². The van der Waals surface area contributed by atoms with Gasteiger partial charge in [-0.15, -0.1) is 0 Å². The third kappa shape index (κ3) is 3.68. The molecule has 1 aromatic rings. The molecule has 1 aliphatic heterocycles. The van der Waals surface area contributed by atoms with Crippen molar-refractivity contribution in [2.75, 3.05) is 30.0 Å².